The highest BCUT2D eigenvalue weighted by Crippen LogP contribution is 2.22. The Labute approximate surface area is 144 Å². The van der Waals surface area contributed by atoms with Crippen molar-refractivity contribution < 1.29 is 14.3 Å². The Bertz CT molecular complexity index is 732. The van der Waals surface area contributed by atoms with Gasteiger partial charge in [0.2, 0.25) is 5.91 Å². The highest BCUT2D eigenvalue weighted by Gasteiger charge is 2.13. The van der Waals surface area contributed by atoms with Gasteiger partial charge in [-0.1, -0.05) is 35.3 Å². The van der Waals surface area contributed by atoms with Crippen molar-refractivity contribution in [1.82, 2.24) is 0 Å². The number of rotatable bonds is 5. The van der Waals surface area contributed by atoms with Crippen molar-refractivity contribution in [3.05, 3.63) is 63.6 Å². The summed E-state index contributed by atoms with van der Waals surface area (Å²) in [6.07, 6.45) is 0.178. The normalized spacial score (nSPS) is 10.2. The molecule has 0 aliphatic rings. The number of ether oxygens (including phenoxy) is 1. The van der Waals surface area contributed by atoms with Crippen LogP contribution in [0.1, 0.15) is 22.8 Å². The van der Waals surface area contributed by atoms with Gasteiger partial charge in [-0.15, -0.1) is 0 Å². The molecule has 4 nitrogen and oxygen atoms in total. The lowest BCUT2D eigenvalue weighted by atomic mass is 10.1. The molecule has 0 atom stereocenters. The Kier molecular flexibility index (Phi) is 6.02. The van der Waals surface area contributed by atoms with E-state index < -0.39 is 5.97 Å². The molecule has 6 heteroatoms. The average molecular weight is 352 g/mol. The van der Waals surface area contributed by atoms with E-state index in [2.05, 4.69) is 5.32 Å². The third kappa shape index (κ3) is 4.98. The third-order valence-corrected chi connectivity index (χ3v) is 3.56. The predicted molar refractivity (Wildman–Crippen MR) is 91.2 cm³/mol. The second kappa shape index (κ2) is 7.99. The van der Waals surface area contributed by atoms with Crippen molar-refractivity contribution in [2.24, 2.45) is 0 Å². The number of amides is 1. The van der Waals surface area contributed by atoms with Crippen molar-refractivity contribution in [1.29, 1.82) is 0 Å². The SMILES string of the molecule is CCOC(=O)c1cc(NC(=O)Cc2cccc(Cl)c2)ccc1Cl. The molecule has 0 saturated heterocycles. The molecule has 0 radical (unpaired) electrons. The maximum Gasteiger partial charge on any atom is 0.339 e. The van der Waals surface area contributed by atoms with Crippen LogP contribution in [0, 0.1) is 0 Å². The lowest BCUT2D eigenvalue weighted by Crippen LogP contribution is -2.15. The zero-order chi connectivity index (χ0) is 16.8. The number of carbonyl (C=O) groups is 2. The highest BCUT2D eigenvalue weighted by atomic mass is 35.5. The van der Waals surface area contributed by atoms with Gasteiger partial charge in [0.25, 0.3) is 0 Å². The fraction of sp³-hybridized carbons (Fsp3) is 0.176. The zero-order valence-corrected chi connectivity index (χ0v) is 13.9. The fourth-order valence-corrected chi connectivity index (χ4v) is 2.41. The van der Waals surface area contributed by atoms with E-state index in [0.29, 0.717) is 10.7 Å². The Morgan fingerprint density at radius 2 is 1.91 bits per heavy atom. The van der Waals surface area contributed by atoms with E-state index >= 15 is 0 Å². The van der Waals surface area contributed by atoms with Crippen molar-refractivity contribution in [3.8, 4) is 0 Å². The second-order valence-corrected chi connectivity index (χ2v) is 5.61. The largest absolute Gasteiger partial charge is 0.462 e. The Hall–Kier alpha value is -2.04. The second-order valence-electron chi connectivity index (χ2n) is 4.77. The molecule has 0 saturated carbocycles. The van der Waals surface area contributed by atoms with Gasteiger partial charge >= 0.3 is 5.97 Å². The lowest BCUT2D eigenvalue weighted by molar-refractivity contribution is -0.115. The van der Waals surface area contributed by atoms with E-state index in [9.17, 15) is 9.59 Å². The van der Waals surface area contributed by atoms with E-state index in [-0.39, 0.29) is 29.5 Å². The van der Waals surface area contributed by atoms with Gasteiger partial charge in [0.1, 0.15) is 0 Å². The fourth-order valence-electron chi connectivity index (χ4n) is 2.01. The first-order chi connectivity index (χ1) is 11.0. The van der Waals surface area contributed by atoms with E-state index in [1.807, 2.05) is 6.07 Å². The molecule has 1 N–H and O–H groups in total. The van der Waals surface area contributed by atoms with Crippen LogP contribution in [0.3, 0.4) is 0 Å². The van der Waals surface area contributed by atoms with Crippen molar-refractivity contribution in [2.75, 3.05) is 11.9 Å². The molecule has 0 spiro atoms. The number of hydrogen-bond acceptors (Lipinski definition) is 3. The molecule has 0 unspecified atom stereocenters. The average Bonchev–Trinajstić information content (AvgIpc) is 2.49. The molecule has 0 aliphatic carbocycles. The smallest absolute Gasteiger partial charge is 0.339 e. The molecule has 23 heavy (non-hydrogen) atoms. The van der Waals surface area contributed by atoms with Crippen molar-refractivity contribution in [3.63, 3.8) is 0 Å². The van der Waals surface area contributed by atoms with Gasteiger partial charge in [0, 0.05) is 10.7 Å². The molecule has 2 rings (SSSR count). The molecule has 0 aromatic heterocycles. The monoisotopic (exact) mass is 351 g/mol. The first-order valence-corrected chi connectivity index (χ1v) is 7.76. The van der Waals surface area contributed by atoms with Gasteiger partial charge in [-0.2, -0.15) is 0 Å². The zero-order valence-electron chi connectivity index (χ0n) is 12.4. The lowest BCUT2D eigenvalue weighted by Gasteiger charge is -2.09. The van der Waals surface area contributed by atoms with Gasteiger partial charge < -0.3 is 10.1 Å². The minimum Gasteiger partial charge on any atom is -0.462 e. The Morgan fingerprint density at radius 3 is 2.61 bits per heavy atom. The molecule has 1 amide bonds. The number of halogens is 2. The summed E-state index contributed by atoms with van der Waals surface area (Å²) >= 11 is 11.9. The summed E-state index contributed by atoms with van der Waals surface area (Å²) in [4.78, 5) is 23.9. The van der Waals surface area contributed by atoms with Crippen LogP contribution in [0.5, 0.6) is 0 Å². The number of nitrogens with one attached hydrogen (secondary N) is 1. The van der Waals surface area contributed by atoms with E-state index in [1.165, 1.54) is 6.07 Å². The topological polar surface area (TPSA) is 55.4 Å². The van der Waals surface area contributed by atoms with E-state index in [4.69, 9.17) is 27.9 Å². The quantitative estimate of drug-likeness (QED) is 0.814. The molecule has 120 valence electrons. The van der Waals surface area contributed by atoms with Crippen LogP contribution in [0.4, 0.5) is 5.69 Å². The summed E-state index contributed by atoms with van der Waals surface area (Å²) in [5.74, 6) is -0.743. The Balaban J connectivity index is 2.09. The van der Waals surface area contributed by atoms with Crippen LogP contribution in [-0.2, 0) is 16.0 Å². The van der Waals surface area contributed by atoms with Gasteiger partial charge in [0.15, 0.2) is 0 Å². The standard InChI is InChI=1S/C17H15Cl2NO3/c1-2-23-17(22)14-10-13(6-7-15(14)19)20-16(21)9-11-4-3-5-12(18)8-11/h3-8,10H,2,9H2,1H3,(H,20,21). The minimum absolute atomic E-state index is 0.178. The van der Waals surface area contributed by atoms with Gasteiger partial charge in [-0.05, 0) is 42.8 Å². The number of hydrogen-bond donors (Lipinski definition) is 1. The molecule has 2 aromatic rings. The van der Waals surface area contributed by atoms with Crippen LogP contribution in [-0.4, -0.2) is 18.5 Å². The first kappa shape index (κ1) is 17.3. The summed E-state index contributed by atoms with van der Waals surface area (Å²) in [5.41, 5.74) is 1.49. The van der Waals surface area contributed by atoms with Crippen LogP contribution in [0.2, 0.25) is 10.0 Å². The summed E-state index contributed by atoms with van der Waals surface area (Å²) in [6.45, 7) is 1.96. The van der Waals surface area contributed by atoms with E-state index in [1.54, 1.807) is 37.3 Å². The van der Waals surface area contributed by atoms with Crippen LogP contribution in [0.15, 0.2) is 42.5 Å². The van der Waals surface area contributed by atoms with Gasteiger partial charge in [-0.25, -0.2) is 4.79 Å². The number of carbonyl (C=O) groups excluding carboxylic acids is 2. The Morgan fingerprint density at radius 1 is 1.13 bits per heavy atom. The maximum atomic E-state index is 12.1. The molecular formula is C17H15Cl2NO3. The minimum atomic E-state index is -0.525. The molecule has 0 bridgehead atoms. The molecule has 0 heterocycles. The van der Waals surface area contributed by atoms with Crippen molar-refractivity contribution in [2.45, 2.75) is 13.3 Å². The highest BCUT2D eigenvalue weighted by molar-refractivity contribution is 6.33. The third-order valence-electron chi connectivity index (χ3n) is 3.00. The first-order valence-electron chi connectivity index (χ1n) is 7.00. The number of esters is 1. The maximum absolute atomic E-state index is 12.1. The summed E-state index contributed by atoms with van der Waals surface area (Å²) in [6, 6.07) is 11.7. The van der Waals surface area contributed by atoms with Gasteiger partial charge in [-0.3, -0.25) is 4.79 Å². The van der Waals surface area contributed by atoms with Crippen LogP contribution >= 0.6 is 23.2 Å². The molecule has 0 aliphatic heterocycles. The molecular weight excluding hydrogens is 337 g/mol. The summed E-state index contributed by atoms with van der Waals surface area (Å²) < 4.78 is 4.93. The van der Waals surface area contributed by atoms with E-state index in [0.717, 1.165) is 5.56 Å². The van der Waals surface area contributed by atoms with Crippen LogP contribution in [0.25, 0.3) is 0 Å². The van der Waals surface area contributed by atoms with Crippen molar-refractivity contribution >= 4 is 40.8 Å². The predicted octanol–water partition coefficient (Wildman–Crippen LogP) is 4.35. The number of anilines is 1. The van der Waals surface area contributed by atoms with Gasteiger partial charge in [0.05, 0.1) is 23.6 Å². The number of benzene rings is 2. The van der Waals surface area contributed by atoms with Crippen LogP contribution < -0.4 is 5.32 Å². The molecule has 0 fully saturated rings. The molecule has 2 aromatic carbocycles. The summed E-state index contributed by atoms with van der Waals surface area (Å²) in [5, 5.41) is 3.58. The summed E-state index contributed by atoms with van der Waals surface area (Å²) in [7, 11) is 0.